The van der Waals surface area contributed by atoms with Crippen molar-refractivity contribution in [3.63, 3.8) is 0 Å². The van der Waals surface area contributed by atoms with Crippen LogP contribution in [0, 0.1) is 23.7 Å². The van der Waals surface area contributed by atoms with Crippen LogP contribution in [0.5, 0.6) is 0 Å². The molecule has 24 heavy (non-hydrogen) atoms. The van der Waals surface area contributed by atoms with Crippen molar-refractivity contribution in [2.45, 2.75) is 23.9 Å². The third-order valence-corrected chi connectivity index (χ3v) is 5.64. The Balaban J connectivity index is 1.87. The van der Waals surface area contributed by atoms with E-state index in [1.165, 1.54) is 0 Å². The lowest BCUT2D eigenvalue weighted by molar-refractivity contribution is -0.179. The topological polar surface area (TPSA) is 133 Å². The number of carbonyl (C=O) groups is 3. The Morgan fingerprint density at radius 3 is 2.50 bits per heavy atom. The average Bonchev–Trinajstić information content (AvgIpc) is 3.08. The fourth-order valence-electron chi connectivity index (χ4n) is 3.90. The molecule has 3 rings (SSSR count). The van der Waals surface area contributed by atoms with Gasteiger partial charge in [-0.15, -0.1) is 0 Å². The maximum atomic E-state index is 13.3. The Kier molecular flexibility index (Phi) is 3.61. The molecule has 2 bridgehead atoms. The Morgan fingerprint density at radius 1 is 1.33 bits per heavy atom. The Hall–Kier alpha value is -1.82. The number of rotatable bonds is 4. The van der Waals surface area contributed by atoms with E-state index < -0.39 is 69.2 Å². The predicted octanol–water partition coefficient (Wildman–Crippen LogP) is -0.641. The molecule has 6 atom stereocenters. The van der Waals surface area contributed by atoms with E-state index in [9.17, 15) is 31.6 Å². The molecule has 134 valence electrons. The second kappa shape index (κ2) is 5.09. The Labute approximate surface area is 134 Å². The number of esters is 3. The van der Waals surface area contributed by atoms with Crippen molar-refractivity contribution in [2.75, 3.05) is 7.11 Å². The number of hydrogen-bond acceptors (Lipinski definition) is 8. The van der Waals surface area contributed by atoms with Crippen LogP contribution in [0.15, 0.2) is 0 Å². The fourth-order valence-corrected chi connectivity index (χ4v) is 4.16. The molecule has 0 aromatic carbocycles. The maximum Gasteiger partial charge on any atom is 0.465 e. The molecule has 0 spiro atoms. The molecule has 1 aliphatic heterocycles. The third-order valence-electron chi connectivity index (χ3n) is 4.82. The average molecular weight is 370 g/mol. The van der Waals surface area contributed by atoms with Crippen molar-refractivity contribution < 1.29 is 50.3 Å². The van der Waals surface area contributed by atoms with Gasteiger partial charge in [-0.25, -0.2) is 4.79 Å². The molecular formula is C12H12F2O9S. The number of fused-ring (bicyclic) bond motifs is 1. The third kappa shape index (κ3) is 2.12. The zero-order valence-corrected chi connectivity index (χ0v) is 12.9. The summed E-state index contributed by atoms with van der Waals surface area (Å²) in [5.74, 6) is -7.14. The largest absolute Gasteiger partial charge is 0.469 e. The molecule has 1 N–H and O–H groups in total. The first-order chi connectivity index (χ1) is 11.0. The SMILES string of the molecule is COC(=O)[C@H]1C2CC3C(OC(=O)C31)C2OC(=O)C(F)(F)S(=O)(=O)O. The first-order valence-corrected chi connectivity index (χ1v) is 8.29. The van der Waals surface area contributed by atoms with Crippen molar-refractivity contribution in [2.24, 2.45) is 23.7 Å². The van der Waals surface area contributed by atoms with Gasteiger partial charge in [-0.1, -0.05) is 0 Å². The maximum absolute atomic E-state index is 13.3. The second-order valence-corrected chi connectivity index (χ2v) is 7.36. The minimum absolute atomic E-state index is 0.205. The van der Waals surface area contributed by atoms with Gasteiger partial charge < -0.3 is 14.2 Å². The molecule has 1 heterocycles. The van der Waals surface area contributed by atoms with Gasteiger partial charge in [0.1, 0.15) is 12.2 Å². The van der Waals surface area contributed by atoms with Crippen LogP contribution in [-0.2, 0) is 38.7 Å². The number of carbonyl (C=O) groups excluding carboxylic acids is 3. The quantitative estimate of drug-likeness (QED) is 0.389. The first-order valence-electron chi connectivity index (χ1n) is 6.85. The van der Waals surface area contributed by atoms with E-state index in [1.807, 2.05) is 0 Å². The van der Waals surface area contributed by atoms with Crippen LogP contribution in [-0.4, -0.2) is 55.5 Å². The van der Waals surface area contributed by atoms with Gasteiger partial charge in [0.05, 0.1) is 18.9 Å². The summed E-state index contributed by atoms with van der Waals surface area (Å²) in [6.45, 7) is 0. The molecule has 0 aromatic heterocycles. The lowest BCUT2D eigenvalue weighted by Crippen LogP contribution is -2.47. The van der Waals surface area contributed by atoms with Crippen molar-refractivity contribution >= 4 is 28.0 Å². The smallest absolute Gasteiger partial charge is 0.465 e. The highest BCUT2D eigenvalue weighted by Crippen LogP contribution is 2.59. The summed E-state index contributed by atoms with van der Waals surface area (Å²) in [7, 11) is -4.94. The summed E-state index contributed by atoms with van der Waals surface area (Å²) in [6, 6.07) is 0. The van der Waals surface area contributed by atoms with Crippen LogP contribution in [0.4, 0.5) is 8.78 Å². The van der Waals surface area contributed by atoms with Gasteiger partial charge >= 0.3 is 33.3 Å². The molecule has 3 aliphatic rings. The fraction of sp³-hybridized carbons (Fsp3) is 0.750. The monoisotopic (exact) mass is 370 g/mol. The molecule has 0 aromatic rings. The summed E-state index contributed by atoms with van der Waals surface area (Å²) in [6.07, 6.45) is -2.24. The summed E-state index contributed by atoms with van der Waals surface area (Å²) >= 11 is 0. The van der Waals surface area contributed by atoms with Gasteiger partial charge in [-0.3, -0.25) is 14.1 Å². The van der Waals surface area contributed by atoms with E-state index in [0.717, 1.165) is 7.11 Å². The number of ether oxygens (including phenoxy) is 3. The van der Waals surface area contributed by atoms with Gasteiger partial charge in [0, 0.05) is 11.8 Å². The van der Waals surface area contributed by atoms with Crippen LogP contribution in [0.1, 0.15) is 6.42 Å². The molecule has 0 radical (unpaired) electrons. The summed E-state index contributed by atoms with van der Waals surface area (Å²) in [4.78, 5) is 35.2. The molecule has 12 heteroatoms. The van der Waals surface area contributed by atoms with Crippen molar-refractivity contribution in [1.82, 2.24) is 0 Å². The van der Waals surface area contributed by atoms with Crippen molar-refractivity contribution in [1.29, 1.82) is 0 Å². The van der Waals surface area contributed by atoms with E-state index in [4.69, 9.17) is 9.29 Å². The standard InChI is InChI=1S/C12H12F2O9S/c1-21-9(15)5-3-2-4-6(5)10(16)22-7(4)8(3)23-11(17)12(13,14)24(18,19)20/h3-8H,2H2,1H3,(H,18,19,20)/t3?,4?,5-,6?,7?,8?/m0/s1. The lowest BCUT2D eigenvalue weighted by atomic mass is 9.78. The zero-order valence-electron chi connectivity index (χ0n) is 12.0. The summed E-state index contributed by atoms with van der Waals surface area (Å²) < 4.78 is 70.4. The predicted molar refractivity (Wildman–Crippen MR) is 66.8 cm³/mol. The van der Waals surface area contributed by atoms with Gasteiger partial charge in [0.25, 0.3) is 0 Å². The minimum atomic E-state index is -6.02. The highest BCUT2D eigenvalue weighted by atomic mass is 32.2. The summed E-state index contributed by atoms with van der Waals surface area (Å²) in [5.41, 5.74) is 0. The van der Waals surface area contributed by atoms with E-state index in [-0.39, 0.29) is 6.42 Å². The molecule has 1 saturated heterocycles. The van der Waals surface area contributed by atoms with Gasteiger partial charge in [0.2, 0.25) is 0 Å². The van der Waals surface area contributed by atoms with Crippen LogP contribution in [0.3, 0.4) is 0 Å². The minimum Gasteiger partial charge on any atom is -0.469 e. The van der Waals surface area contributed by atoms with E-state index in [1.54, 1.807) is 0 Å². The van der Waals surface area contributed by atoms with Gasteiger partial charge in [0.15, 0.2) is 0 Å². The number of alkyl halides is 2. The van der Waals surface area contributed by atoms with Crippen molar-refractivity contribution in [3.05, 3.63) is 0 Å². The molecule has 2 saturated carbocycles. The molecule has 2 aliphatic carbocycles. The van der Waals surface area contributed by atoms with E-state index >= 15 is 0 Å². The van der Waals surface area contributed by atoms with Crippen LogP contribution >= 0.6 is 0 Å². The second-order valence-electron chi connectivity index (χ2n) is 5.90. The number of methoxy groups -OCH3 is 1. The number of hydrogen-bond donors (Lipinski definition) is 1. The normalized spacial score (nSPS) is 37.2. The molecule has 3 fully saturated rings. The molecule has 0 amide bonds. The summed E-state index contributed by atoms with van der Waals surface area (Å²) in [5, 5.41) is -5.17. The molecule has 5 unspecified atom stereocenters. The highest BCUT2D eigenvalue weighted by Gasteiger charge is 2.71. The van der Waals surface area contributed by atoms with E-state index in [0.29, 0.717) is 0 Å². The van der Waals surface area contributed by atoms with Crippen molar-refractivity contribution in [3.8, 4) is 0 Å². The van der Waals surface area contributed by atoms with Crippen LogP contribution in [0.25, 0.3) is 0 Å². The van der Waals surface area contributed by atoms with Crippen LogP contribution in [0.2, 0.25) is 0 Å². The van der Waals surface area contributed by atoms with E-state index in [2.05, 4.69) is 9.47 Å². The lowest BCUT2D eigenvalue weighted by Gasteiger charge is -2.30. The Bertz CT molecular complexity index is 718. The highest BCUT2D eigenvalue weighted by molar-refractivity contribution is 7.87. The zero-order chi connectivity index (χ0) is 18.0. The molecule has 9 nitrogen and oxygen atoms in total. The molecular weight excluding hydrogens is 358 g/mol. The first kappa shape index (κ1) is 17.0. The Morgan fingerprint density at radius 2 is 1.96 bits per heavy atom. The van der Waals surface area contributed by atoms with Crippen LogP contribution < -0.4 is 0 Å². The van der Waals surface area contributed by atoms with Gasteiger partial charge in [-0.05, 0) is 6.42 Å². The van der Waals surface area contributed by atoms with Gasteiger partial charge in [-0.2, -0.15) is 17.2 Å². The number of halogens is 2.